The van der Waals surface area contributed by atoms with Gasteiger partial charge in [0, 0.05) is 24.4 Å². The lowest BCUT2D eigenvalue weighted by atomic mass is 9.95. The minimum Gasteiger partial charge on any atom is -0.354 e. The first-order valence-electron chi connectivity index (χ1n) is 10.1. The van der Waals surface area contributed by atoms with Crippen LogP contribution in [-0.2, 0) is 30.6 Å². The third-order valence-corrected chi connectivity index (χ3v) is 5.22. The molecule has 0 saturated heterocycles. The number of nitrogens with zero attached hydrogens (tertiary/aromatic N) is 5. The molecule has 8 heteroatoms. The van der Waals surface area contributed by atoms with Crippen LogP contribution in [0.15, 0.2) is 0 Å². The number of hydrogen-bond donors (Lipinski definition) is 2. The zero-order valence-electron chi connectivity index (χ0n) is 17.3. The Morgan fingerprint density at radius 2 is 1.93 bits per heavy atom. The molecule has 3 N–H and O–H groups in total. The zero-order chi connectivity index (χ0) is 20.3. The van der Waals surface area contributed by atoms with Crippen LogP contribution in [0.25, 0.3) is 0 Å². The van der Waals surface area contributed by atoms with Gasteiger partial charge in [0.25, 0.3) is 0 Å². The van der Waals surface area contributed by atoms with Gasteiger partial charge in [0.2, 0.25) is 5.91 Å². The Kier molecular flexibility index (Phi) is 6.39. The summed E-state index contributed by atoms with van der Waals surface area (Å²) in [7, 11) is 0. The maximum atomic E-state index is 12.4. The molecule has 1 amide bonds. The summed E-state index contributed by atoms with van der Waals surface area (Å²) in [4.78, 5) is 26.1. The first-order valence-corrected chi connectivity index (χ1v) is 10.1. The van der Waals surface area contributed by atoms with E-state index in [9.17, 15) is 4.79 Å². The maximum Gasteiger partial charge on any atom is 0.241 e. The summed E-state index contributed by atoms with van der Waals surface area (Å²) in [5, 5.41) is 7.26. The van der Waals surface area contributed by atoms with Gasteiger partial charge in [0.05, 0.1) is 6.04 Å². The van der Waals surface area contributed by atoms with E-state index in [2.05, 4.69) is 27.3 Å². The molecule has 0 spiro atoms. The lowest BCUT2D eigenvalue weighted by Gasteiger charge is -2.17. The van der Waals surface area contributed by atoms with Crippen LogP contribution in [0, 0.1) is 19.8 Å². The van der Waals surface area contributed by atoms with Gasteiger partial charge in [0.15, 0.2) is 0 Å². The average Bonchev–Trinajstić information content (AvgIpc) is 3.01. The van der Waals surface area contributed by atoms with Gasteiger partial charge in [-0.2, -0.15) is 5.10 Å². The Labute approximate surface area is 166 Å². The number of carbonyl (C=O) groups is 1. The summed E-state index contributed by atoms with van der Waals surface area (Å²) >= 11 is 0. The highest BCUT2D eigenvalue weighted by molar-refractivity contribution is 5.75. The van der Waals surface area contributed by atoms with Gasteiger partial charge < -0.3 is 11.1 Å². The molecule has 0 aliphatic heterocycles. The molecule has 8 nitrogen and oxygen atoms in total. The summed E-state index contributed by atoms with van der Waals surface area (Å²) in [6.07, 6.45) is 5.14. The van der Waals surface area contributed by atoms with Crippen molar-refractivity contribution in [2.45, 2.75) is 72.4 Å². The number of nitrogens with one attached hydrogen (secondary N) is 1. The number of rotatable bonds is 7. The van der Waals surface area contributed by atoms with Gasteiger partial charge in [-0.15, -0.1) is 0 Å². The molecule has 0 aromatic carbocycles. The molecule has 1 atom stereocenters. The lowest BCUT2D eigenvalue weighted by Crippen LogP contribution is -2.32. The standard InChI is InChI=1S/C20H31N7O/c1-12(2)19(21)20-24-14(4)26-27(20)11-18(28)22-10-9-17-23-13(3)15-7-5-6-8-16(15)25-17/h12,19H,5-11,21H2,1-4H3,(H,22,28)/t19-/m0/s1. The molecule has 0 bridgehead atoms. The van der Waals surface area contributed by atoms with Crippen LogP contribution in [-0.4, -0.2) is 37.2 Å². The summed E-state index contributed by atoms with van der Waals surface area (Å²) in [5.74, 6) is 2.18. The van der Waals surface area contributed by atoms with E-state index < -0.39 is 0 Å². The fourth-order valence-corrected chi connectivity index (χ4v) is 3.59. The number of hydrogen-bond acceptors (Lipinski definition) is 6. The largest absolute Gasteiger partial charge is 0.354 e. The van der Waals surface area contributed by atoms with Crippen molar-refractivity contribution < 1.29 is 4.79 Å². The van der Waals surface area contributed by atoms with Crippen LogP contribution in [0.3, 0.4) is 0 Å². The van der Waals surface area contributed by atoms with E-state index in [1.54, 1.807) is 11.6 Å². The molecular formula is C20H31N7O. The van der Waals surface area contributed by atoms with Crippen molar-refractivity contribution in [2.24, 2.45) is 11.7 Å². The number of carbonyl (C=O) groups excluding carboxylic acids is 1. The molecule has 0 saturated carbocycles. The highest BCUT2D eigenvalue weighted by Gasteiger charge is 2.20. The van der Waals surface area contributed by atoms with Crippen molar-refractivity contribution in [3.05, 3.63) is 34.4 Å². The smallest absolute Gasteiger partial charge is 0.241 e. The van der Waals surface area contributed by atoms with E-state index in [1.165, 1.54) is 24.1 Å². The summed E-state index contributed by atoms with van der Waals surface area (Å²) < 4.78 is 1.61. The van der Waals surface area contributed by atoms with Crippen LogP contribution >= 0.6 is 0 Å². The molecule has 3 rings (SSSR count). The van der Waals surface area contributed by atoms with Crippen molar-refractivity contribution in [2.75, 3.05) is 6.54 Å². The zero-order valence-corrected chi connectivity index (χ0v) is 17.3. The molecule has 0 fully saturated rings. The predicted octanol–water partition coefficient (Wildman–Crippen LogP) is 1.58. The van der Waals surface area contributed by atoms with Crippen molar-refractivity contribution in [1.29, 1.82) is 0 Å². The van der Waals surface area contributed by atoms with E-state index in [1.807, 2.05) is 13.8 Å². The highest BCUT2D eigenvalue weighted by atomic mass is 16.2. The van der Waals surface area contributed by atoms with Crippen LogP contribution in [0.2, 0.25) is 0 Å². The third kappa shape index (κ3) is 4.73. The third-order valence-electron chi connectivity index (χ3n) is 5.22. The minimum atomic E-state index is -0.249. The highest BCUT2D eigenvalue weighted by Crippen LogP contribution is 2.21. The Balaban J connectivity index is 1.56. The fourth-order valence-electron chi connectivity index (χ4n) is 3.59. The van der Waals surface area contributed by atoms with Crippen LogP contribution in [0.4, 0.5) is 0 Å². The van der Waals surface area contributed by atoms with Crippen LogP contribution in [0.5, 0.6) is 0 Å². The summed E-state index contributed by atoms with van der Waals surface area (Å²) in [6, 6.07) is -0.249. The Bertz CT molecular complexity index is 843. The Morgan fingerprint density at radius 3 is 2.68 bits per heavy atom. The molecule has 2 aromatic heterocycles. The van der Waals surface area contributed by atoms with Crippen molar-refractivity contribution in [1.82, 2.24) is 30.0 Å². The van der Waals surface area contributed by atoms with Crippen molar-refractivity contribution in [3.8, 4) is 0 Å². The van der Waals surface area contributed by atoms with E-state index in [-0.39, 0.29) is 24.4 Å². The number of fused-ring (bicyclic) bond motifs is 1. The van der Waals surface area contributed by atoms with Crippen LogP contribution in [0.1, 0.15) is 67.2 Å². The summed E-state index contributed by atoms with van der Waals surface area (Å²) in [6.45, 7) is 8.53. The second-order valence-electron chi connectivity index (χ2n) is 7.90. The lowest BCUT2D eigenvalue weighted by molar-refractivity contribution is -0.121. The van der Waals surface area contributed by atoms with Gasteiger partial charge in [-0.05, 0) is 51.0 Å². The number of amides is 1. The van der Waals surface area contributed by atoms with E-state index >= 15 is 0 Å². The second kappa shape index (κ2) is 8.77. The van der Waals surface area contributed by atoms with Gasteiger partial charge in [-0.3, -0.25) is 4.79 Å². The molecule has 152 valence electrons. The maximum absolute atomic E-state index is 12.4. The molecule has 2 aromatic rings. The average molecular weight is 386 g/mol. The fraction of sp³-hybridized carbons (Fsp3) is 0.650. The predicted molar refractivity (Wildman–Crippen MR) is 107 cm³/mol. The monoisotopic (exact) mass is 385 g/mol. The molecule has 0 unspecified atom stereocenters. The van der Waals surface area contributed by atoms with E-state index in [0.717, 1.165) is 24.4 Å². The summed E-state index contributed by atoms with van der Waals surface area (Å²) in [5.41, 5.74) is 9.78. The topological polar surface area (TPSA) is 112 Å². The second-order valence-corrected chi connectivity index (χ2v) is 7.90. The molecule has 1 aliphatic carbocycles. The Hall–Kier alpha value is -2.35. The molecule has 2 heterocycles. The molecular weight excluding hydrogens is 354 g/mol. The SMILES string of the molecule is Cc1nc([C@@H](N)C(C)C)n(CC(=O)NCCc2nc(C)c3c(n2)CCCC3)n1. The van der Waals surface area contributed by atoms with Gasteiger partial charge >= 0.3 is 0 Å². The van der Waals surface area contributed by atoms with E-state index in [4.69, 9.17) is 10.7 Å². The minimum absolute atomic E-state index is 0.112. The van der Waals surface area contributed by atoms with E-state index in [0.29, 0.717) is 24.6 Å². The van der Waals surface area contributed by atoms with Crippen molar-refractivity contribution in [3.63, 3.8) is 0 Å². The number of aryl methyl sites for hydroxylation is 3. The first kappa shape index (κ1) is 20.4. The molecule has 28 heavy (non-hydrogen) atoms. The number of aromatic nitrogens is 5. The first-order chi connectivity index (χ1) is 13.3. The van der Waals surface area contributed by atoms with Gasteiger partial charge in [-0.25, -0.2) is 19.6 Å². The quantitative estimate of drug-likeness (QED) is 0.748. The van der Waals surface area contributed by atoms with Gasteiger partial charge in [0.1, 0.15) is 24.0 Å². The number of nitrogens with two attached hydrogens (primary N) is 1. The van der Waals surface area contributed by atoms with Gasteiger partial charge in [-0.1, -0.05) is 13.8 Å². The molecule has 1 aliphatic rings. The van der Waals surface area contributed by atoms with Crippen LogP contribution < -0.4 is 11.1 Å². The van der Waals surface area contributed by atoms with Crippen molar-refractivity contribution >= 4 is 5.91 Å². The normalized spacial score (nSPS) is 14.8. The Morgan fingerprint density at radius 1 is 1.18 bits per heavy atom. The molecule has 0 radical (unpaired) electrons.